The smallest absolute Gasteiger partial charge is 0.306 e. The van der Waals surface area contributed by atoms with Crippen LogP contribution in [0.5, 0.6) is 0 Å². The van der Waals surface area contributed by atoms with Gasteiger partial charge >= 0.3 is 5.97 Å². The molecule has 0 radical (unpaired) electrons. The molecule has 0 aliphatic heterocycles. The van der Waals surface area contributed by atoms with Crippen LogP contribution < -0.4 is 10.5 Å². The van der Waals surface area contributed by atoms with Crippen molar-refractivity contribution in [2.45, 2.75) is 31.1 Å². The van der Waals surface area contributed by atoms with Gasteiger partial charge in [0.05, 0.1) is 4.90 Å². The predicted octanol–water partition coefficient (Wildman–Crippen LogP) is 0.336. The molecule has 0 bridgehead atoms. The molecule has 0 aliphatic carbocycles. The van der Waals surface area contributed by atoms with Gasteiger partial charge in [-0.15, -0.1) is 0 Å². The largest absolute Gasteiger partial charge is 0.456 e. The lowest BCUT2D eigenvalue weighted by Crippen LogP contribution is -2.30. The minimum atomic E-state index is -3.69. The zero-order valence-electron chi connectivity index (χ0n) is 12.4. The number of primary sulfonamides is 1. The topological polar surface area (TPSA) is 116 Å². The van der Waals surface area contributed by atoms with Gasteiger partial charge in [0, 0.05) is 13.0 Å². The second kappa shape index (κ2) is 8.50. The summed E-state index contributed by atoms with van der Waals surface area (Å²) in [4.78, 5) is 22.6. The molecule has 8 heteroatoms. The Kier molecular flexibility index (Phi) is 7.00. The number of amides is 1. The quantitative estimate of drug-likeness (QED) is 0.667. The van der Waals surface area contributed by atoms with Crippen LogP contribution in [0.4, 0.5) is 0 Å². The van der Waals surface area contributed by atoms with E-state index in [9.17, 15) is 18.0 Å². The van der Waals surface area contributed by atoms with Gasteiger partial charge in [-0.1, -0.05) is 19.1 Å². The van der Waals surface area contributed by atoms with Crippen molar-refractivity contribution in [2.75, 3.05) is 13.2 Å². The number of carbonyl (C=O) groups is 2. The van der Waals surface area contributed by atoms with Crippen LogP contribution in [0.2, 0.25) is 0 Å². The molecular weight excluding hydrogens is 308 g/mol. The van der Waals surface area contributed by atoms with Gasteiger partial charge in [-0.25, -0.2) is 13.6 Å². The summed E-state index contributed by atoms with van der Waals surface area (Å²) in [7, 11) is -3.69. The summed E-state index contributed by atoms with van der Waals surface area (Å²) < 4.78 is 27.0. The van der Waals surface area contributed by atoms with Crippen molar-refractivity contribution in [1.29, 1.82) is 0 Å². The molecule has 0 spiro atoms. The van der Waals surface area contributed by atoms with E-state index in [1.165, 1.54) is 12.1 Å². The van der Waals surface area contributed by atoms with E-state index in [-0.39, 0.29) is 17.4 Å². The fraction of sp³-hybridized carbons (Fsp3) is 0.429. The lowest BCUT2D eigenvalue weighted by Gasteiger charge is -2.07. The van der Waals surface area contributed by atoms with Crippen LogP contribution in [-0.4, -0.2) is 33.4 Å². The Bertz CT molecular complexity index is 611. The average molecular weight is 328 g/mol. The molecule has 122 valence electrons. The summed E-state index contributed by atoms with van der Waals surface area (Å²) in [5, 5.41) is 7.61. The van der Waals surface area contributed by atoms with Gasteiger partial charge in [-0.2, -0.15) is 0 Å². The van der Waals surface area contributed by atoms with Gasteiger partial charge in [0.15, 0.2) is 6.61 Å². The number of sulfonamides is 1. The van der Waals surface area contributed by atoms with Crippen molar-refractivity contribution in [3.8, 4) is 0 Å². The van der Waals surface area contributed by atoms with Gasteiger partial charge in [0.25, 0.3) is 5.91 Å². The second-order valence-electron chi connectivity index (χ2n) is 4.70. The van der Waals surface area contributed by atoms with Crippen LogP contribution in [0.1, 0.15) is 25.3 Å². The maximum Gasteiger partial charge on any atom is 0.306 e. The zero-order chi connectivity index (χ0) is 16.6. The second-order valence-corrected chi connectivity index (χ2v) is 6.26. The lowest BCUT2D eigenvalue weighted by molar-refractivity contribution is -0.148. The molecule has 22 heavy (non-hydrogen) atoms. The minimum absolute atomic E-state index is 0.0446. The molecule has 7 nitrogen and oxygen atoms in total. The molecule has 0 unspecified atom stereocenters. The van der Waals surface area contributed by atoms with Crippen molar-refractivity contribution in [3.05, 3.63) is 29.8 Å². The summed E-state index contributed by atoms with van der Waals surface area (Å²) in [6.07, 6.45) is 1.50. The highest BCUT2D eigenvalue weighted by Crippen LogP contribution is 2.08. The van der Waals surface area contributed by atoms with Gasteiger partial charge in [0.2, 0.25) is 10.0 Å². The number of ether oxygens (including phenoxy) is 1. The maximum absolute atomic E-state index is 11.4. The molecule has 3 N–H and O–H groups in total. The fourth-order valence-corrected chi connectivity index (χ4v) is 2.18. The van der Waals surface area contributed by atoms with E-state index in [1.807, 2.05) is 6.92 Å². The van der Waals surface area contributed by atoms with Crippen molar-refractivity contribution in [2.24, 2.45) is 5.14 Å². The summed E-state index contributed by atoms with van der Waals surface area (Å²) in [5.74, 6) is -0.762. The van der Waals surface area contributed by atoms with Gasteiger partial charge in [-0.05, 0) is 30.5 Å². The third kappa shape index (κ3) is 6.68. The Morgan fingerprint density at radius 2 is 1.86 bits per heavy atom. The van der Waals surface area contributed by atoms with Crippen LogP contribution in [0.25, 0.3) is 0 Å². The lowest BCUT2D eigenvalue weighted by atomic mass is 10.1. The molecule has 0 saturated heterocycles. The van der Waals surface area contributed by atoms with Crippen molar-refractivity contribution in [1.82, 2.24) is 5.32 Å². The summed E-state index contributed by atoms with van der Waals surface area (Å²) in [6.45, 7) is 1.92. The first kappa shape index (κ1) is 18.1. The van der Waals surface area contributed by atoms with E-state index >= 15 is 0 Å². The first-order chi connectivity index (χ1) is 10.3. The molecule has 0 saturated carbocycles. The number of benzene rings is 1. The fourth-order valence-electron chi connectivity index (χ4n) is 1.67. The Morgan fingerprint density at radius 1 is 1.23 bits per heavy atom. The molecule has 0 aromatic heterocycles. The average Bonchev–Trinajstić information content (AvgIpc) is 2.45. The number of nitrogens with two attached hydrogens (primary N) is 1. The van der Waals surface area contributed by atoms with E-state index in [1.54, 1.807) is 12.1 Å². The third-order valence-corrected chi connectivity index (χ3v) is 3.74. The van der Waals surface area contributed by atoms with E-state index < -0.39 is 16.0 Å². The standard InChI is InChI=1S/C14H20N2O5S/c1-2-3-14(18)21-10-13(17)16-9-8-11-4-6-12(7-5-11)22(15,19)20/h4-7H,2-3,8-10H2,1H3,(H,16,17)(H2,15,19,20). The SMILES string of the molecule is CCCC(=O)OCC(=O)NCCc1ccc(S(N)(=O)=O)cc1. The molecule has 1 aromatic rings. The van der Waals surface area contributed by atoms with E-state index in [4.69, 9.17) is 9.88 Å². The highest BCUT2D eigenvalue weighted by molar-refractivity contribution is 7.89. The molecule has 1 aromatic carbocycles. The predicted molar refractivity (Wildman–Crippen MR) is 80.4 cm³/mol. The number of hydrogen-bond acceptors (Lipinski definition) is 5. The van der Waals surface area contributed by atoms with Gasteiger partial charge in [0.1, 0.15) is 0 Å². The highest BCUT2D eigenvalue weighted by atomic mass is 32.2. The van der Waals surface area contributed by atoms with E-state index in [2.05, 4.69) is 5.32 Å². The van der Waals surface area contributed by atoms with Crippen molar-refractivity contribution < 1.29 is 22.7 Å². The number of esters is 1. The van der Waals surface area contributed by atoms with E-state index in [0.29, 0.717) is 25.8 Å². The van der Waals surface area contributed by atoms with Crippen molar-refractivity contribution in [3.63, 3.8) is 0 Å². The van der Waals surface area contributed by atoms with Crippen LogP contribution in [0.15, 0.2) is 29.2 Å². The molecule has 1 amide bonds. The Balaban J connectivity index is 2.32. The first-order valence-electron chi connectivity index (χ1n) is 6.87. The minimum Gasteiger partial charge on any atom is -0.456 e. The number of carbonyl (C=O) groups excluding carboxylic acids is 2. The molecule has 0 aliphatic rings. The molecule has 0 heterocycles. The Hall–Kier alpha value is -1.93. The number of hydrogen-bond donors (Lipinski definition) is 2. The first-order valence-corrected chi connectivity index (χ1v) is 8.41. The number of rotatable bonds is 8. The molecule has 1 rings (SSSR count). The maximum atomic E-state index is 11.4. The summed E-state index contributed by atoms with van der Waals surface area (Å²) in [6, 6.07) is 6.10. The van der Waals surface area contributed by atoms with Crippen LogP contribution in [-0.2, 0) is 30.8 Å². The zero-order valence-corrected chi connectivity index (χ0v) is 13.2. The van der Waals surface area contributed by atoms with Gasteiger partial charge in [-0.3, -0.25) is 9.59 Å². The highest BCUT2D eigenvalue weighted by Gasteiger charge is 2.08. The number of nitrogens with one attached hydrogen (secondary N) is 1. The summed E-state index contributed by atoms with van der Waals surface area (Å²) >= 11 is 0. The normalized spacial score (nSPS) is 11.0. The molecular formula is C14H20N2O5S. The Labute approximate surface area is 129 Å². The summed E-state index contributed by atoms with van der Waals surface area (Å²) in [5.41, 5.74) is 0.857. The Morgan fingerprint density at radius 3 is 2.41 bits per heavy atom. The van der Waals surface area contributed by atoms with Crippen LogP contribution >= 0.6 is 0 Å². The monoisotopic (exact) mass is 328 g/mol. The van der Waals surface area contributed by atoms with Crippen molar-refractivity contribution >= 4 is 21.9 Å². The van der Waals surface area contributed by atoms with E-state index in [0.717, 1.165) is 5.56 Å². The third-order valence-electron chi connectivity index (χ3n) is 2.81. The molecule has 0 atom stereocenters. The van der Waals surface area contributed by atoms with Gasteiger partial charge < -0.3 is 10.1 Å². The van der Waals surface area contributed by atoms with Crippen LogP contribution in [0, 0.1) is 0 Å². The molecule has 0 fully saturated rings. The van der Waals surface area contributed by atoms with Crippen LogP contribution in [0.3, 0.4) is 0 Å².